The van der Waals surface area contributed by atoms with Crippen molar-refractivity contribution in [2.75, 3.05) is 42.1 Å². The van der Waals surface area contributed by atoms with Crippen molar-refractivity contribution in [3.05, 3.63) is 160 Å². The number of nitro groups is 1. The van der Waals surface area contributed by atoms with E-state index in [4.69, 9.17) is 9.90 Å². The summed E-state index contributed by atoms with van der Waals surface area (Å²) in [6, 6.07) is 42.8. The van der Waals surface area contributed by atoms with Crippen molar-refractivity contribution in [1.29, 1.82) is 0 Å². The molecule has 17 heteroatoms. The van der Waals surface area contributed by atoms with Crippen LogP contribution in [0.2, 0.25) is 0 Å². The van der Waals surface area contributed by atoms with Crippen LogP contribution in [0.3, 0.4) is 0 Å². The zero-order valence-electron chi connectivity index (χ0n) is 33.6. The van der Waals surface area contributed by atoms with Gasteiger partial charge in [0.2, 0.25) is 0 Å². The fourth-order valence-corrected chi connectivity index (χ4v) is 9.57. The van der Waals surface area contributed by atoms with Gasteiger partial charge in [0.05, 0.1) is 9.82 Å². The average Bonchev–Trinajstić information content (AvgIpc) is 3.27. The van der Waals surface area contributed by atoms with Gasteiger partial charge in [-0.2, -0.15) is 13.2 Å². The maximum absolute atomic E-state index is 13.3. The van der Waals surface area contributed by atoms with E-state index in [0.29, 0.717) is 18.3 Å². The lowest BCUT2D eigenvalue weighted by atomic mass is 9.92. The van der Waals surface area contributed by atoms with Crippen LogP contribution >= 0.6 is 11.8 Å². The van der Waals surface area contributed by atoms with Crippen LogP contribution in [-0.4, -0.2) is 79.4 Å². The molecule has 1 saturated heterocycles. The zero-order chi connectivity index (χ0) is 44.7. The topological polar surface area (TPSA) is 162 Å². The molecule has 0 unspecified atom stereocenters. The first-order valence-corrected chi connectivity index (χ1v) is 22.4. The predicted molar refractivity (Wildman–Crippen MR) is 238 cm³/mol. The van der Waals surface area contributed by atoms with Gasteiger partial charge in [-0.25, -0.2) is 17.9 Å². The summed E-state index contributed by atoms with van der Waals surface area (Å²) < 4.78 is 60.5. The Morgan fingerprint density at radius 3 is 2.32 bits per heavy atom. The molecule has 1 atom stereocenters. The monoisotopic (exact) mass is 897 g/mol. The number of benzene rings is 6. The molecule has 3 N–H and O–H groups in total. The summed E-state index contributed by atoms with van der Waals surface area (Å²) in [5.74, 6) is -2.89. The number of anilines is 2. The molecule has 2 aliphatic rings. The highest BCUT2D eigenvalue weighted by molar-refractivity contribution is 7.99. The van der Waals surface area contributed by atoms with Gasteiger partial charge in [0.1, 0.15) is 5.69 Å². The molecule has 1 fully saturated rings. The highest BCUT2D eigenvalue weighted by Gasteiger charge is 2.38. The first-order chi connectivity index (χ1) is 30.2. The minimum Gasteiger partial charge on any atom is -0.475 e. The van der Waals surface area contributed by atoms with Crippen LogP contribution in [0.25, 0.3) is 21.9 Å². The molecule has 0 radical (unpaired) electrons. The molecule has 0 aromatic heterocycles. The molecule has 6 aromatic rings. The van der Waals surface area contributed by atoms with Crippen molar-refractivity contribution in [3.63, 3.8) is 0 Å². The number of carbonyl (C=O) groups excluding carboxylic acids is 1. The van der Waals surface area contributed by atoms with Crippen LogP contribution < -0.4 is 14.9 Å². The second-order valence-corrected chi connectivity index (χ2v) is 17.8. The first-order valence-electron chi connectivity index (χ1n) is 19.9. The molecule has 12 nitrogen and oxygen atoms in total. The van der Waals surface area contributed by atoms with Gasteiger partial charge in [0.15, 0.2) is 0 Å². The van der Waals surface area contributed by atoms with Crippen molar-refractivity contribution < 1.29 is 41.2 Å². The van der Waals surface area contributed by atoms with Gasteiger partial charge in [-0.15, -0.1) is 11.8 Å². The smallest absolute Gasteiger partial charge is 0.475 e. The second-order valence-electron chi connectivity index (χ2n) is 14.9. The Morgan fingerprint density at radius 1 is 0.857 bits per heavy atom. The molecule has 326 valence electrons. The van der Waals surface area contributed by atoms with E-state index in [2.05, 4.69) is 86.6 Å². The summed E-state index contributed by atoms with van der Waals surface area (Å²) in [5, 5.41) is 24.5. The van der Waals surface area contributed by atoms with Gasteiger partial charge in [-0.3, -0.25) is 19.8 Å². The summed E-state index contributed by atoms with van der Waals surface area (Å²) in [7, 11) is -4.40. The fraction of sp³-hybridized carbons (Fsp3) is 0.217. The van der Waals surface area contributed by atoms with E-state index >= 15 is 0 Å². The van der Waals surface area contributed by atoms with Gasteiger partial charge in [0.25, 0.3) is 21.6 Å². The quantitative estimate of drug-likeness (QED) is 0.0465. The van der Waals surface area contributed by atoms with Crippen molar-refractivity contribution in [2.24, 2.45) is 0 Å². The van der Waals surface area contributed by atoms with E-state index in [1.807, 2.05) is 36.4 Å². The largest absolute Gasteiger partial charge is 0.490 e. The van der Waals surface area contributed by atoms with E-state index < -0.39 is 33.0 Å². The predicted octanol–water partition coefficient (Wildman–Crippen LogP) is 9.01. The number of halogens is 3. The molecule has 2 aliphatic heterocycles. The average molecular weight is 898 g/mol. The molecule has 1 amide bonds. The third-order valence-electron chi connectivity index (χ3n) is 10.8. The number of rotatable bonds is 12. The van der Waals surface area contributed by atoms with Crippen molar-refractivity contribution >= 4 is 61.5 Å². The number of fused-ring (bicyclic) bond motifs is 4. The molecular weight excluding hydrogens is 856 g/mol. The molecule has 0 bridgehead atoms. The Hall–Kier alpha value is -6.43. The third-order valence-corrected chi connectivity index (χ3v) is 13.2. The maximum Gasteiger partial charge on any atom is 0.490 e. The highest BCUT2D eigenvalue weighted by Crippen LogP contribution is 2.35. The molecule has 0 saturated carbocycles. The molecule has 63 heavy (non-hydrogen) atoms. The number of hydrogen-bond donors (Lipinski definition) is 3. The van der Waals surface area contributed by atoms with Crippen LogP contribution in [0, 0.1) is 10.1 Å². The third kappa shape index (κ3) is 11.0. The number of nitro benzene ring substituents is 1. The maximum atomic E-state index is 13.3. The molecule has 0 aliphatic carbocycles. The fourth-order valence-electron chi connectivity index (χ4n) is 7.78. The van der Waals surface area contributed by atoms with E-state index in [0.717, 1.165) is 61.2 Å². The van der Waals surface area contributed by atoms with Gasteiger partial charge in [-0.1, -0.05) is 78.9 Å². The highest BCUT2D eigenvalue weighted by atomic mass is 32.2. The lowest BCUT2D eigenvalue weighted by Crippen LogP contribution is -2.54. The van der Waals surface area contributed by atoms with E-state index in [-0.39, 0.29) is 21.8 Å². The van der Waals surface area contributed by atoms with Crippen LogP contribution in [0.1, 0.15) is 27.9 Å². The second kappa shape index (κ2) is 19.3. The van der Waals surface area contributed by atoms with Crippen molar-refractivity contribution in [3.8, 4) is 11.1 Å². The molecule has 8 rings (SSSR count). The lowest BCUT2D eigenvalue weighted by Gasteiger charge is -2.46. The Bertz CT molecular complexity index is 2760. The number of carbonyl (C=O) groups is 2. The number of carboxylic acids is 1. The number of aryl methyl sites for hydroxylation is 1. The van der Waals surface area contributed by atoms with Crippen LogP contribution in [0.4, 0.5) is 30.2 Å². The summed E-state index contributed by atoms with van der Waals surface area (Å²) >= 11 is 1.60. The summed E-state index contributed by atoms with van der Waals surface area (Å²) in [6.07, 6.45) is -3.41. The number of nitrogens with zero attached hydrogens (tertiary/aromatic N) is 3. The van der Waals surface area contributed by atoms with Crippen molar-refractivity contribution in [1.82, 2.24) is 9.62 Å². The summed E-state index contributed by atoms with van der Waals surface area (Å²) in [4.78, 5) is 39.2. The van der Waals surface area contributed by atoms with Gasteiger partial charge in [0, 0.05) is 66.7 Å². The molecule has 0 spiro atoms. The SMILES string of the molecule is O=C(NS(=O)(=O)c1ccc(NCCSc2ccccc2)c([N+](=O)[O-])c1)c1ccc2c(c1)CC[C@H]1CN(Cc3ccccc3-c3ccc4ccccc4c3)CCN21.O=C(O)C(F)(F)F. The van der Waals surface area contributed by atoms with Gasteiger partial charge < -0.3 is 15.3 Å². The Kier molecular flexibility index (Phi) is 13.7. The molecular formula is C46H42F3N5O7S2. The van der Waals surface area contributed by atoms with E-state index in [9.17, 15) is 36.5 Å². The number of amides is 1. The Labute approximate surface area is 365 Å². The lowest BCUT2D eigenvalue weighted by molar-refractivity contribution is -0.384. The Morgan fingerprint density at radius 2 is 1.57 bits per heavy atom. The first kappa shape index (κ1) is 44.6. The number of piperazine rings is 1. The number of alkyl halides is 3. The minimum atomic E-state index is -5.08. The number of hydrogen-bond acceptors (Lipinski definition) is 10. The standard InChI is InChI=1S/C44H41N5O5S2.C2HF3O2/c50-44(46-56(53,54)39-19-20-41(43(28-39)49(51)52)45-22-25-55-38-11-2-1-3-12-38)35-17-21-42-34(27-35)16-18-37-30-47(23-24-48(37)42)29-36-10-6-7-13-40(36)33-15-14-31-8-4-5-9-32(31)26-33;3-2(4,5)1(6)7/h1-15,17,19-21,26-28,37,45H,16,18,22-25,29-30H2,(H,46,50);(H,6,7)/t37-;/m0./s1. The van der Waals surface area contributed by atoms with E-state index in [1.165, 1.54) is 39.6 Å². The summed E-state index contributed by atoms with van der Waals surface area (Å²) in [6.45, 7) is 3.92. The summed E-state index contributed by atoms with van der Waals surface area (Å²) in [5.41, 5.74) is 5.87. The Balaban J connectivity index is 0.000000785. The number of sulfonamides is 1. The van der Waals surface area contributed by atoms with Crippen LogP contribution in [0.15, 0.2) is 143 Å². The normalized spacial score (nSPS) is 15.0. The van der Waals surface area contributed by atoms with Gasteiger partial charge in [-0.05, 0) is 94.4 Å². The number of aliphatic carboxylic acids is 1. The number of nitrogens with one attached hydrogen (secondary N) is 2. The molecule has 6 aromatic carbocycles. The van der Waals surface area contributed by atoms with E-state index in [1.54, 1.807) is 23.9 Å². The zero-order valence-corrected chi connectivity index (χ0v) is 35.3. The molecule has 2 heterocycles. The van der Waals surface area contributed by atoms with Crippen LogP contribution in [-0.2, 0) is 27.8 Å². The van der Waals surface area contributed by atoms with Crippen molar-refractivity contribution in [2.45, 2.75) is 41.4 Å². The minimum absolute atomic E-state index is 0.202. The van der Waals surface area contributed by atoms with Crippen LogP contribution in [0.5, 0.6) is 0 Å². The number of thioether (sulfide) groups is 1. The number of carboxylic acid groups (broad SMARTS) is 1. The van der Waals surface area contributed by atoms with Gasteiger partial charge >= 0.3 is 12.1 Å².